The summed E-state index contributed by atoms with van der Waals surface area (Å²) >= 11 is 0. The molecular formula is C26H20N4O4. The highest BCUT2D eigenvalue weighted by Gasteiger charge is 2.25. The SMILES string of the molecule is COc1ccc(-n2cccc(C(=O)Nc3ccc4c(c3)NC(=O)C4=Cc3ccc[nH]3)c2=O)cc1. The predicted molar refractivity (Wildman–Crippen MR) is 130 cm³/mol. The molecule has 2 aromatic carbocycles. The second-order valence-electron chi connectivity index (χ2n) is 7.65. The van der Waals surface area contributed by atoms with Gasteiger partial charge in [0.25, 0.3) is 17.4 Å². The van der Waals surface area contributed by atoms with Crippen LogP contribution in [-0.2, 0) is 4.79 Å². The van der Waals surface area contributed by atoms with Gasteiger partial charge in [0.05, 0.1) is 18.4 Å². The third-order valence-electron chi connectivity index (χ3n) is 5.52. The molecule has 3 N–H and O–H groups in total. The lowest BCUT2D eigenvalue weighted by molar-refractivity contribution is -0.110. The molecule has 1 aliphatic rings. The van der Waals surface area contributed by atoms with Crippen LogP contribution in [0.25, 0.3) is 17.3 Å². The zero-order valence-electron chi connectivity index (χ0n) is 18.2. The summed E-state index contributed by atoms with van der Waals surface area (Å²) < 4.78 is 6.55. The highest BCUT2D eigenvalue weighted by molar-refractivity contribution is 6.35. The fraction of sp³-hybridized carbons (Fsp3) is 0.0385. The van der Waals surface area contributed by atoms with Gasteiger partial charge in [-0.25, -0.2) is 0 Å². The molecule has 1 aliphatic heterocycles. The van der Waals surface area contributed by atoms with E-state index in [2.05, 4.69) is 15.6 Å². The Morgan fingerprint density at radius 2 is 1.85 bits per heavy atom. The number of aromatic amines is 1. The van der Waals surface area contributed by atoms with E-state index in [4.69, 9.17) is 4.74 Å². The highest BCUT2D eigenvalue weighted by Crippen LogP contribution is 2.35. The van der Waals surface area contributed by atoms with Crippen LogP contribution in [0.4, 0.5) is 11.4 Å². The number of carbonyl (C=O) groups excluding carboxylic acids is 2. The Labute approximate surface area is 194 Å². The van der Waals surface area contributed by atoms with E-state index < -0.39 is 11.5 Å². The lowest BCUT2D eigenvalue weighted by atomic mass is 10.1. The van der Waals surface area contributed by atoms with E-state index in [-0.39, 0.29) is 11.5 Å². The molecule has 0 spiro atoms. The molecule has 0 aliphatic carbocycles. The van der Waals surface area contributed by atoms with Crippen LogP contribution in [0.2, 0.25) is 0 Å². The Morgan fingerprint density at radius 3 is 2.59 bits per heavy atom. The Kier molecular flexibility index (Phi) is 5.31. The second-order valence-corrected chi connectivity index (χ2v) is 7.65. The first-order chi connectivity index (χ1) is 16.5. The van der Waals surface area contributed by atoms with E-state index in [1.807, 2.05) is 12.1 Å². The molecule has 0 unspecified atom stereocenters. The zero-order valence-corrected chi connectivity index (χ0v) is 18.2. The van der Waals surface area contributed by atoms with Gasteiger partial charge in [-0.1, -0.05) is 6.07 Å². The van der Waals surface area contributed by atoms with Crippen LogP contribution >= 0.6 is 0 Å². The van der Waals surface area contributed by atoms with E-state index in [9.17, 15) is 14.4 Å². The zero-order chi connectivity index (χ0) is 23.7. The number of aromatic nitrogens is 2. The van der Waals surface area contributed by atoms with Crippen molar-refractivity contribution in [1.29, 1.82) is 0 Å². The maximum atomic E-state index is 13.0. The van der Waals surface area contributed by atoms with Crippen molar-refractivity contribution in [2.45, 2.75) is 0 Å². The van der Waals surface area contributed by atoms with Gasteiger partial charge in [0, 0.05) is 35.0 Å². The lowest BCUT2D eigenvalue weighted by Crippen LogP contribution is -2.27. The summed E-state index contributed by atoms with van der Waals surface area (Å²) in [6.07, 6.45) is 5.15. The number of hydrogen-bond donors (Lipinski definition) is 3. The average molecular weight is 452 g/mol. The Bertz CT molecular complexity index is 1480. The van der Waals surface area contributed by atoms with Crippen LogP contribution in [0.5, 0.6) is 5.75 Å². The first-order valence-corrected chi connectivity index (χ1v) is 10.5. The van der Waals surface area contributed by atoms with Crippen molar-refractivity contribution in [2.24, 2.45) is 0 Å². The van der Waals surface area contributed by atoms with E-state index in [1.54, 1.807) is 74.1 Å². The van der Waals surface area contributed by atoms with Crippen LogP contribution in [0.15, 0.2) is 83.9 Å². The Hall–Kier alpha value is -4.85. The van der Waals surface area contributed by atoms with Gasteiger partial charge in [-0.05, 0) is 66.7 Å². The van der Waals surface area contributed by atoms with Crippen molar-refractivity contribution in [3.63, 3.8) is 0 Å². The highest BCUT2D eigenvalue weighted by atomic mass is 16.5. The van der Waals surface area contributed by atoms with Gasteiger partial charge < -0.3 is 20.4 Å². The third-order valence-corrected chi connectivity index (χ3v) is 5.52. The van der Waals surface area contributed by atoms with Crippen molar-refractivity contribution in [1.82, 2.24) is 9.55 Å². The Balaban J connectivity index is 1.40. The lowest BCUT2D eigenvalue weighted by Gasteiger charge is -2.10. The second kappa shape index (κ2) is 8.59. The van der Waals surface area contributed by atoms with Crippen LogP contribution in [0, 0.1) is 0 Å². The Morgan fingerprint density at radius 1 is 1.03 bits per heavy atom. The molecule has 4 aromatic rings. The largest absolute Gasteiger partial charge is 0.497 e. The van der Waals surface area contributed by atoms with E-state index in [1.165, 1.54) is 10.6 Å². The number of rotatable bonds is 5. The van der Waals surface area contributed by atoms with Crippen molar-refractivity contribution in [3.05, 3.63) is 106 Å². The van der Waals surface area contributed by atoms with Gasteiger partial charge in [-0.2, -0.15) is 0 Å². The van der Waals surface area contributed by atoms with Crippen LogP contribution in [-0.4, -0.2) is 28.5 Å². The molecule has 8 heteroatoms. The third kappa shape index (κ3) is 3.88. The van der Waals surface area contributed by atoms with Gasteiger partial charge in [0.1, 0.15) is 11.3 Å². The van der Waals surface area contributed by atoms with Crippen molar-refractivity contribution < 1.29 is 14.3 Å². The quantitative estimate of drug-likeness (QED) is 0.399. The molecule has 8 nitrogen and oxygen atoms in total. The number of anilines is 2. The van der Waals surface area contributed by atoms with Gasteiger partial charge in [-0.15, -0.1) is 0 Å². The van der Waals surface area contributed by atoms with E-state index >= 15 is 0 Å². The van der Waals surface area contributed by atoms with Gasteiger partial charge >= 0.3 is 0 Å². The molecule has 2 amide bonds. The summed E-state index contributed by atoms with van der Waals surface area (Å²) in [6, 6.07) is 18.9. The first-order valence-electron chi connectivity index (χ1n) is 10.5. The molecule has 5 rings (SSSR count). The summed E-state index contributed by atoms with van der Waals surface area (Å²) in [6.45, 7) is 0. The standard InChI is InChI=1S/C26H20N4O4/c1-34-19-9-7-18(8-10-19)30-13-3-5-21(26(30)33)24(31)28-17-6-11-20-22(14-16-4-2-12-27-16)25(32)29-23(20)15-17/h2-15,27H,1H3,(H,28,31)(H,29,32). The van der Waals surface area contributed by atoms with Gasteiger partial charge in [0.15, 0.2) is 0 Å². The number of nitrogens with one attached hydrogen (secondary N) is 3. The number of methoxy groups -OCH3 is 1. The molecule has 0 bridgehead atoms. The summed E-state index contributed by atoms with van der Waals surface area (Å²) in [5, 5.41) is 5.57. The number of hydrogen-bond acceptors (Lipinski definition) is 4. The molecule has 0 atom stereocenters. The maximum absolute atomic E-state index is 13.0. The van der Waals surface area contributed by atoms with E-state index in [0.717, 1.165) is 11.3 Å². The minimum atomic E-state index is -0.542. The molecule has 0 saturated heterocycles. The van der Waals surface area contributed by atoms with E-state index in [0.29, 0.717) is 28.4 Å². The molecule has 168 valence electrons. The minimum absolute atomic E-state index is 0.00446. The molecule has 3 heterocycles. The van der Waals surface area contributed by atoms with Crippen molar-refractivity contribution >= 4 is 34.8 Å². The summed E-state index contributed by atoms with van der Waals surface area (Å²) in [7, 11) is 1.56. The number of ether oxygens (including phenoxy) is 1. The number of amides is 2. The molecule has 0 saturated carbocycles. The molecule has 2 aromatic heterocycles. The number of fused-ring (bicyclic) bond motifs is 1. The summed E-state index contributed by atoms with van der Waals surface area (Å²) in [5.41, 5.74) is 3.29. The monoisotopic (exact) mass is 452 g/mol. The maximum Gasteiger partial charge on any atom is 0.267 e. The number of nitrogens with zero attached hydrogens (tertiary/aromatic N) is 1. The number of pyridine rings is 1. The van der Waals surface area contributed by atoms with Gasteiger partial charge in [-0.3, -0.25) is 19.0 Å². The van der Waals surface area contributed by atoms with Crippen LogP contribution in [0.3, 0.4) is 0 Å². The normalized spacial score (nSPS) is 13.4. The minimum Gasteiger partial charge on any atom is -0.497 e. The molecule has 34 heavy (non-hydrogen) atoms. The van der Waals surface area contributed by atoms with Crippen molar-refractivity contribution in [3.8, 4) is 11.4 Å². The smallest absolute Gasteiger partial charge is 0.267 e. The first kappa shape index (κ1) is 21.0. The molecule has 0 fully saturated rings. The number of benzene rings is 2. The fourth-order valence-electron chi connectivity index (χ4n) is 3.82. The molecule has 0 radical (unpaired) electrons. The topological polar surface area (TPSA) is 105 Å². The predicted octanol–water partition coefficient (Wildman–Crippen LogP) is 3.92. The fourth-order valence-corrected chi connectivity index (χ4v) is 3.82. The van der Waals surface area contributed by atoms with Gasteiger partial charge in [0.2, 0.25) is 0 Å². The van der Waals surface area contributed by atoms with Crippen LogP contribution in [0.1, 0.15) is 21.6 Å². The van der Waals surface area contributed by atoms with Crippen molar-refractivity contribution in [2.75, 3.05) is 17.7 Å². The summed E-state index contributed by atoms with van der Waals surface area (Å²) in [4.78, 5) is 41.4. The van der Waals surface area contributed by atoms with Crippen LogP contribution < -0.4 is 20.9 Å². The molecular weight excluding hydrogens is 432 g/mol. The average Bonchev–Trinajstić information content (AvgIpc) is 3.47. The summed E-state index contributed by atoms with van der Waals surface area (Å²) in [5.74, 6) is -0.0990. The number of carbonyl (C=O) groups is 2. The number of H-pyrrole nitrogens is 1.